The molecule has 0 spiro atoms. The van der Waals surface area contributed by atoms with Gasteiger partial charge in [0.15, 0.2) is 0 Å². The highest BCUT2D eigenvalue weighted by molar-refractivity contribution is 5.84. The molecule has 0 amide bonds. The highest BCUT2D eigenvalue weighted by Crippen LogP contribution is 2.18. The van der Waals surface area contributed by atoms with Gasteiger partial charge in [-0.1, -0.05) is 13.8 Å². The average molecular weight is 225 g/mol. The molecule has 0 saturated carbocycles. The number of carboxylic acid groups (broad SMARTS) is 1. The maximum absolute atomic E-state index is 10.7. The number of carbonyl (C=O) groups is 1. The third-order valence-electron chi connectivity index (χ3n) is 2.78. The lowest BCUT2D eigenvalue weighted by Gasteiger charge is -2.21. The molecule has 1 aromatic heterocycles. The van der Waals surface area contributed by atoms with Crippen molar-refractivity contribution in [1.29, 1.82) is 0 Å². The fourth-order valence-corrected chi connectivity index (χ4v) is 1.37. The molecule has 0 saturated heterocycles. The fraction of sp³-hybridized carbons (Fsp3) is 0.583. The van der Waals surface area contributed by atoms with Gasteiger partial charge in [-0.15, -0.1) is 0 Å². The molecule has 2 N–H and O–H groups in total. The second-order valence-electron chi connectivity index (χ2n) is 4.43. The first-order valence-electron chi connectivity index (χ1n) is 5.51. The van der Waals surface area contributed by atoms with Crippen LogP contribution in [0.25, 0.3) is 0 Å². The van der Waals surface area contributed by atoms with Crippen LogP contribution in [0, 0.1) is 5.92 Å². The van der Waals surface area contributed by atoms with Crippen LogP contribution in [0.5, 0.6) is 0 Å². The van der Waals surface area contributed by atoms with E-state index in [0.29, 0.717) is 17.7 Å². The number of carboxylic acids is 1. The first-order chi connectivity index (χ1) is 7.41. The van der Waals surface area contributed by atoms with Crippen LogP contribution in [0.4, 0.5) is 0 Å². The van der Waals surface area contributed by atoms with E-state index in [0.717, 1.165) is 0 Å². The van der Waals surface area contributed by atoms with Gasteiger partial charge in [0.2, 0.25) is 5.76 Å². The standard InChI is InChI=1S/C12H19NO3/c1-7(2)8(3)13-9(4)10-5-6-11(16-10)12(14)15/h5-9,13H,1-4H3,(H,14,15). The summed E-state index contributed by atoms with van der Waals surface area (Å²) in [7, 11) is 0. The zero-order chi connectivity index (χ0) is 12.3. The van der Waals surface area contributed by atoms with Crippen LogP contribution in [-0.2, 0) is 0 Å². The lowest BCUT2D eigenvalue weighted by atomic mass is 10.1. The number of hydrogen-bond acceptors (Lipinski definition) is 3. The molecule has 2 atom stereocenters. The minimum atomic E-state index is -1.03. The summed E-state index contributed by atoms with van der Waals surface area (Å²) < 4.78 is 5.23. The van der Waals surface area contributed by atoms with Crippen molar-refractivity contribution in [3.63, 3.8) is 0 Å². The Balaban J connectivity index is 2.65. The van der Waals surface area contributed by atoms with Crippen LogP contribution < -0.4 is 5.32 Å². The largest absolute Gasteiger partial charge is 0.475 e. The molecule has 0 fully saturated rings. The van der Waals surface area contributed by atoms with Gasteiger partial charge in [0.25, 0.3) is 0 Å². The number of furan rings is 1. The third kappa shape index (κ3) is 3.10. The maximum atomic E-state index is 10.7. The van der Waals surface area contributed by atoms with Crippen molar-refractivity contribution in [3.8, 4) is 0 Å². The number of nitrogens with one attached hydrogen (secondary N) is 1. The highest BCUT2D eigenvalue weighted by atomic mass is 16.4. The van der Waals surface area contributed by atoms with Gasteiger partial charge in [0.1, 0.15) is 5.76 Å². The molecule has 0 aromatic carbocycles. The van der Waals surface area contributed by atoms with E-state index in [1.54, 1.807) is 6.07 Å². The molecule has 1 rings (SSSR count). The molecule has 1 aromatic rings. The molecule has 1 heterocycles. The molecule has 4 heteroatoms. The van der Waals surface area contributed by atoms with E-state index >= 15 is 0 Å². The Morgan fingerprint density at radius 2 is 1.94 bits per heavy atom. The zero-order valence-electron chi connectivity index (χ0n) is 10.2. The Morgan fingerprint density at radius 3 is 2.38 bits per heavy atom. The summed E-state index contributed by atoms with van der Waals surface area (Å²) in [6, 6.07) is 3.56. The lowest BCUT2D eigenvalue weighted by molar-refractivity contribution is 0.0659. The van der Waals surface area contributed by atoms with Gasteiger partial charge in [0.05, 0.1) is 6.04 Å². The van der Waals surface area contributed by atoms with Crippen LogP contribution in [0.15, 0.2) is 16.5 Å². The number of rotatable bonds is 5. The van der Waals surface area contributed by atoms with Crippen molar-refractivity contribution in [3.05, 3.63) is 23.7 Å². The Hall–Kier alpha value is -1.29. The molecular weight excluding hydrogens is 206 g/mol. The summed E-state index contributed by atoms with van der Waals surface area (Å²) in [5, 5.41) is 12.1. The SMILES string of the molecule is CC(NC(C)C(C)C)c1ccc(C(=O)O)o1. The lowest BCUT2D eigenvalue weighted by Crippen LogP contribution is -2.32. The molecular formula is C12H19NO3. The van der Waals surface area contributed by atoms with Crippen LogP contribution >= 0.6 is 0 Å². The molecule has 16 heavy (non-hydrogen) atoms. The van der Waals surface area contributed by atoms with Gasteiger partial charge in [-0.3, -0.25) is 0 Å². The van der Waals surface area contributed by atoms with Gasteiger partial charge in [-0.2, -0.15) is 0 Å². The van der Waals surface area contributed by atoms with Gasteiger partial charge in [-0.05, 0) is 31.9 Å². The summed E-state index contributed by atoms with van der Waals surface area (Å²) in [5.74, 6) is 0.137. The predicted octanol–water partition coefficient (Wildman–Crippen LogP) is 2.67. The second kappa shape index (κ2) is 5.16. The van der Waals surface area contributed by atoms with Crippen LogP contribution in [0.1, 0.15) is 50.1 Å². The zero-order valence-corrected chi connectivity index (χ0v) is 10.2. The Bertz CT molecular complexity index is 357. The first-order valence-corrected chi connectivity index (χ1v) is 5.51. The van der Waals surface area contributed by atoms with E-state index < -0.39 is 5.97 Å². The third-order valence-corrected chi connectivity index (χ3v) is 2.78. The van der Waals surface area contributed by atoms with E-state index in [1.807, 2.05) is 6.92 Å². The van der Waals surface area contributed by atoms with Crippen molar-refractivity contribution >= 4 is 5.97 Å². The molecule has 4 nitrogen and oxygen atoms in total. The molecule has 90 valence electrons. The first kappa shape index (κ1) is 12.8. The Morgan fingerprint density at radius 1 is 1.31 bits per heavy atom. The number of hydrogen-bond donors (Lipinski definition) is 2. The molecule has 0 aliphatic carbocycles. The van der Waals surface area contributed by atoms with Crippen molar-refractivity contribution in [1.82, 2.24) is 5.32 Å². The number of aromatic carboxylic acids is 1. The van der Waals surface area contributed by atoms with Crippen molar-refractivity contribution in [2.24, 2.45) is 5.92 Å². The van der Waals surface area contributed by atoms with Crippen LogP contribution in [0.3, 0.4) is 0 Å². The average Bonchev–Trinajstić information content (AvgIpc) is 2.65. The van der Waals surface area contributed by atoms with Crippen molar-refractivity contribution < 1.29 is 14.3 Å². The van der Waals surface area contributed by atoms with Crippen molar-refractivity contribution in [2.75, 3.05) is 0 Å². The quantitative estimate of drug-likeness (QED) is 0.808. The van der Waals surface area contributed by atoms with E-state index in [4.69, 9.17) is 9.52 Å². The second-order valence-corrected chi connectivity index (χ2v) is 4.43. The summed E-state index contributed by atoms with van der Waals surface area (Å²) in [6.45, 7) is 8.33. The minimum Gasteiger partial charge on any atom is -0.475 e. The molecule has 0 bridgehead atoms. The Kier molecular flexibility index (Phi) is 4.12. The van der Waals surface area contributed by atoms with Crippen molar-refractivity contribution in [2.45, 2.75) is 39.8 Å². The Labute approximate surface area is 95.7 Å². The van der Waals surface area contributed by atoms with Gasteiger partial charge in [0, 0.05) is 6.04 Å². The normalized spacial score (nSPS) is 15.1. The van der Waals surface area contributed by atoms with E-state index in [2.05, 4.69) is 26.1 Å². The van der Waals surface area contributed by atoms with Gasteiger partial charge >= 0.3 is 5.97 Å². The molecule has 0 aliphatic rings. The van der Waals surface area contributed by atoms with E-state index in [9.17, 15) is 4.79 Å². The van der Waals surface area contributed by atoms with E-state index in [-0.39, 0.29) is 11.8 Å². The molecule has 2 unspecified atom stereocenters. The van der Waals surface area contributed by atoms with Gasteiger partial charge in [-0.25, -0.2) is 4.79 Å². The van der Waals surface area contributed by atoms with Gasteiger partial charge < -0.3 is 14.8 Å². The summed E-state index contributed by atoms with van der Waals surface area (Å²) >= 11 is 0. The minimum absolute atomic E-state index is 0.0131. The van der Waals surface area contributed by atoms with Crippen LogP contribution in [-0.4, -0.2) is 17.1 Å². The molecule has 0 radical (unpaired) electrons. The van der Waals surface area contributed by atoms with E-state index in [1.165, 1.54) is 6.07 Å². The maximum Gasteiger partial charge on any atom is 0.371 e. The van der Waals surface area contributed by atoms with Crippen LogP contribution in [0.2, 0.25) is 0 Å². The monoisotopic (exact) mass is 225 g/mol. The highest BCUT2D eigenvalue weighted by Gasteiger charge is 2.16. The predicted molar refractivity (Wildman–Crippen MR) is 61.5 cm³/mol. The summed E-state index contributed by atoms with van der Waals surface area (Å²) in [4.78, 5) is 10.7. The smallest absolute Gasteiger partial charge is 0.371 e. The topological polar surface area (TPSA) is 62.5 Å². The summed E-state index contributed by atoms with van der Waals surface area (Å²) in [6.07, 6.45) is 0. The molecule has 0 aliphatic heterocycles. The fourth-order valence-electron chi connectivity index (χ4n) is 1.37. The summed E-state index contributed by atoms with van der Waals surface area (Å²) in [5.41, 5.74) is 0.